The van der Waals surface area contributed by atoms with Gasteiger partial charge in [-0.1, -0.05) is 23.5 Å². The van der Waals surface area contributed by atoms with Gasteiger partial charge in [-0.2, -0.15) is 9.50 Å². The van der Waals surface area contributed by atoms with E-state index in [-0.39, 0.29) is 23.8 Å². The summed E-state index contributed by atoms with van der Waals surface area (Å²) in [6.45, 7) is 1.39. The summed E-state index contributed by atoms with van der Waals surface area (Å²) in [6.07, 6.45) is 2.96. The van der Waals surface area contributed by atoms with Crippen molar-refractivity contribution in [3.63, 3.8) is 0 Å². The maximum atomic E-state index is 12.0. The summed E-state index contributed by atoms with van der Waals surface area (Å²) < 4.78 is 17.1. The van der Waals surface area contributed by atoms with Crippen LogP contribution in [0.25, 0.3) is 16.5 Å². The molecule has 1 atom stereocenters. The summed E-state index contributed by atoms with van der Waals surface area (Å²) in [7, 11) is 3.06. The van der Waals surface area contributed by atoms with Gasteiger partial charge in [0.25, 0.3) is 0 Å². The Balaban J connectivity index is 1.51. The first-order valence-corrected chi connectivity index (χ1v) is 11.5. The van der Waals surface area contributed by atoms with Gasteiger partial charge in [0.05, 0.1) is 37.3 Å². The quantitative estimate of drug-likeness (QED) is 0.427. The monoisotopic (exact) mass is 468 g/mol. The number of hydrogen-bond donors (Lipinski definition) is 1. The topological polar surface area (TPSA) is 102 Å². The lowest BCUT2D eigenvalue weighted by Gasteiger charge is -2.36. The van der Waals surface area contributed by atoms with Crippen molar-refractivity contribution in [2.75, 3.05) is 27.3 Å². The smallest absolute Gasteiger partial charge is 0.308 e. The van der Waals surface area contributed by atoms with Gasteiger partial charge in [0, 0.05) is 0 Å². The van der Waals surface area contributed by atoms with E-state index < -0.39 is 0 Å². The number of likely N-dealkylation sites (tertiary alicyclic amines) is 1. The molecule has 5 rings (SSSR count). The van der Waals surface area contributed by atoms with Crippen LogP contribution < -0.4 is 4.74 Å². The number of aromatic hydroxyl groups is 1. The third-order valence-corrected chi connectivity index (χ3v) is 7.12. The minimum absolute atomic E-state index is 0.0521. The first kappa shape index (κ1) is 21.5. The number of fused-ring (bicyclic) bond motifs is 1. The van der Waals surface area contributed by atoms with Crippen molar-refractivity contribution >= 4 is 22.3 Å². The van der Waals surface area contributed by atoms with Crippen molar-refractivity contribution in [3.8, 4) is 23.2 Å². The third-order valence-electron chi connectivity index (χ3n) is 6.05. The van der Waals surface area contributed by atoms with Crippen LogP contribution in [0.1, 0.15) is 29.3 Å². The van der Waals surface area contributed by atoms with Gasteiger partial charge in [0.15, 0.2) is 5.76 Å². The zero-order chi connectivity index (χ0) is 22.9. The predicted molar refractivity (Wildman–Crippen MR) is 121 cm³/mol. The van der Waals surface area contributed by atoms with E-state index in [9.17, 15) is 9.90 Å². The van der Waals surface area contributed by atoms with E-state index in [1.165, 1.54) is 23.0 Å². The molecule has 0 unspecified atom stereocenters. The molecule has 9 nitrogen and oxygen atoms in total. The molecule has 1 fully saturated rings. The normalized spacial score (nSPS) is 16.2. The molecule has 1 aromatic carbocycles. The molecule has 4 aromatic rings. The molecule has 0 saturated carbocycles. The van der Waals surface area contributed by atoms with Gasteiger partial charge in [-0.25, -0.2) is 0 Å². The molecule has 172 valence electrons. The summed E-state index contributed by atoms with van der Waals surface area (Å²) >= 11 is 1.39. The average molecular weight is 469 g/mol. The maximum absolute atomic E-state index is 12.0. The molecule has 1 N–H and O–H groups in total. The SMILES string of the molecule is COC(=O)C1CCN([C@H](c2ccc(OC)cc2)c2sc3nc(-c4ccco4)nn3c2O)CC1. The number of piperidine rings is 1. The molecular weight excluding hydrogens is 444 g/mol. The molecule has 0 spiro atoms. The Bertz CT molecular complexity index is 1240. The predicted octanol–water partition coefficient (Wildman–Crippen LogP) is 3.74. The van der Waals surface area contributed by atoms with Gasteiger partial charge in [0.2, 0.25) is 16.7 Å². The summed E-state index contributed by atoms with van der Waals surface area (Å²) in [5.41, 5.74) is 1.01. The summed E-state index contributed by atoms with van der Waals surface area (Å²) in [5.74, 6) is 1.52. The number of hydrogen-bond acceptors (Lipinski definition) is 9. The van der Waals surface area contributed by atoms with Gasteiger partial charge < -0.3 is 19.0 Å². The number of benzene rings is 1. The molecule has 3 aromatic heterocycles. The van der Waals surface area contributed by atoms with Gasteiger partial charge in [-0.3, -0.25) is 9.69 Å². The summed E-state index contributed by atoms with van der Waals surface area (Å²) in [6, 6.07) is 11.2. The Morgan fingerprint density at radius 2 is 1.97 bits per heavy atom. The molecule has 0 aliphatic carbocycles. The highest BCUT2D eigenvalue weighted by molar-refractivity contribution is 7.17. The number of nitrogens with zero attached hydrogens (tertiary/aromatic N) is 4. The van der Waals surface area contributed by atoms with Crippen LogP contribution >= 0.6 is 11.3 Å². The van der Waals surface area contributed by atoms with Crippen LogP contribution in [-0.2, 0) is 9.53 Å². The Labute approximate surface area is 194 Å². The van der Waals surface area contributed by atoms with E-state index in [1.54, 1.807) is 25.5 Å². The molecule has 1 saturated heterocycles. The van der Waals surface area contributed by atoms with Crippen LogP contribution in [0.3, 0.4) is 0 Å². The van der Waals surface area contributed by atoms with Crippen LogP contribution in [0.5, 0.6) is 11.6 Å². The lowest BCUT2D eigenvalue weighted by Crippen LogP contribution is -2.39. The Kier molecular flexibility index (Phi) is 5.77. The number of carbonyl (C=O) groups excluding carboxylic acids is 1. The highest BCUT2D eigenvalue weighted by Gasteiger charge is 2.34. The number of esters is 1. The fraction of sp³-hybridized carbons (Fsp3) is 0.348. The number of aromatic nitrogens is 3. The van der Waals surface area contributed by atoms with Crippen molar-refractivity contribution in [2.24, 2.45) is 5.92 Å². The molecular formula is C23H24N4O5S. The fourth-order valence-electron chi connectivity index (χ4n) is 4.31. The van der Waals surface area contributed by atoms with Crippen molar-refractivity contribution in [1.82, 2.24) is 19.5 Å². The van der Waals surface area contributed by atoms with E-state index in [0.29, 0.717) is 42.5 Å². The largest absolute Gasteiger partial charge is 0.497 e. The second kappa shape index (κ2) is 8.87. The first-order chi connectivity index (χ1) is 16.1. The Hall–Kier alpha value is -3.37. The van der Waals surface area contributed by atoms with Crippen LogP contribution in [0.15, 0.2) is 47.1 Å². The second-order valence-corrected chi connectivity index (χ2v) is 8.92. The zero-order valence-corrected chi connectivity index (χ0v) is 19.1. The van der Waals surface area contributed by atoms with E-state index >= 15 is 0 Å². The number of rotatable bonds is 6. The van der Waals surface area contributed by atoms with Crippen molar-refractivity contribution in [3.05, 3.63) is 53.1 Å². The van der Waals surface area contributed by atoms with E-state index in [0.717, 1.165) is 16.2 Å². The molecule has 4 heterocycles. The highest BCUT2D eigenvalue weighted by atomic mass is 32.1. The molecule has 33 heavy (non-hydrogen) atoms. The number of ether oxygens (including phenoxy) is 2. The van der Waals surface area contributed by atoms with Crippen molar-refractivity contribution < 1.29 is 23.8 Å². The zero-order valence-electron chi connectivity index (χ0n) is 18.3. The van der Waals surface area contributed by atoms with Gasteiger partial charge in [-0.05, 0) is 55.8 Å². The van der Waals surface area contributed by atoms with E-state index in [4.69, 9.17) is 13.9 Å². The fourth-order valence-corrected chi connectivity index (χ4v) is 5.43. The van der Waals surface area contributed by atoms with Gasteiger partial charge in [-0.15, -0.1) is 5.10 Å². The average Bonchev–Trinajstić information content (AvgIpc) is 3.59. The van der Waals surface area contributed by atoms with Crippen LogP contribution in [0.4, 0.5) is 0 Å². The summed E-state index contributed by atoms with van der Waals surface area (Å²) in [5, 5.41) is 15.6. The highest BCUT2D eigenvalue weighted by Crippen LogP contribution is 2.42. The van der Waals surface area contributed by atoms with Crippen molar-refractivity contribution in [2.45, 2.75) is 18.9 Å². The lowest BCUT2D eigenvalue weighted by molar-refractivity contribution is -0.147. The number of carbonyl (C=O) groups is 1. The maximum Gasteiger partial charge on any atom is 0.308 e. The van der Waals surface area contributed by atoms with Gasteiger partial charge >= 0.3 is 5.97 Å². The third kappa shape index (κ3) is 3.96. The standard InChI is InChI=1S/C23H24N4O5S/c1-30-16-7-5-14(6-8-16)18(26-11-9-15(10-12-26)22(29)31-2)19-21(28)27-23(33-19)24-20(25-27)17-4-3-13-32-17/h3-8,13,15,18,28H,9-12H2,1-2H3/t18-/m1/s1. The molecule has 1 aliphatic rings. The van der Waals surface area contributed by atoms with Crippen LogP contribution in [0, 0.1) is 5.92 Å². The van der Waals surface area contributed by atoms with Crippen LogP contribution in [0.2, 0.25) is 0 Å². The molecule has 0 radical (unpaired) electrons. The summed E-state index contributed by atoms with van der Waals surface area (Å²) in [4.78, 5) is 20.2. The lowest BCUT2D eigenvalue weighted by atomic mass is 9.93. The second-order valence-electron chi connectivity index (χ2n) is 7.91. The minimum Gasteiger partial charge on any atom is -0.497 e. The number of thiazole rings is 1. The van der Waals surface area contributed by atoms with Gasteiger partial charge in [0.1, 0.15) is 5.75 Å². The molecule has 10 heteroatoms. The number of methoxy groups -OCH3 is 2. The van der Waals surface area contributed by atoms with E-state index in [2.05, 4.69) is 15.0 Å². The molecule has 1 aliphatic heterocycles. The van der Waals surface area contributed by atoms with E-state index in [1.807, 2.05) is 24.3 Å². The minimum atomic E-state index is -0.213. The Morgan fingerprint density at radius 3 is 2.58 bits per heavy atom. The molecule has 0 bridgehead atoms. The number of furan rings is 1. The Morgan fingerprint density at radius 1 is 1.21 bits per heavy atom. The van der Waals surface area contributed by atoms with Crippen LogP contribution in [-0.4, -0.2) is 57.9 Å². The van der Waals surface area contributed by atoms with Crippen molar-refractivity contribution in [1.29, 1.82) is 0 Å². The molecule has 0 amide bonds. The first-order valence-electron chi connectivity index (χ1n) is 10.7.